The van der Waals surface area contributed by atoms with Gasteiger partial charge in [0.2, 0.25) is 0 Å². The van der Waals surface area contributed by atoms with Crippen LogP contribution in [0.15, 0.2) is 52.9 Å². The molecule has 0 radical (unpaired) electrons. The highest BCUT2D eigenvalue weighted by Crippen LogP contribution is 2.18. The van der Waals surface area contributed by atoms with Crippen molar-refractivity contribution in [2.75, 3.05) is 5.32 Å². The van der Waals surface area contributed by atoms with E-state index in [0.717, 1.165) is 5.56 Å². The molecule has 0 atom stereocenters. The smallest absolute Gasteiger partial charge is 0.322 e. The lowest BCUT2D eigenvalue weighted by Gasteiger charge is -2.03. The lowest BCUT2D eigenvalue weighted by molar-refractivity contribution is -0.384. The number of carbonyl (C=O) groups is 1. The molecular formula is C17H14N4O5. The third-order valence-electron chi connectivity index (χ3n) is 3.38. The summed E-state index contributed by atoms with van der Waals surface area (Å²) in [5, 5.41) is 20.6. The van der Waals surface area contributed by atoms with Gasteiger partial charge >= 0.3 is 6.01 Å². The maximum Gasteiger partial charge on any atom is 0.322 e. The van der Waals surface area contributed by atoms with Gasteiger partial charge in [0.15, 0.2) is 6.61 Å². The third kappa shape index (κ3) is 4.20. The van der Waals surface area contributed by atoms with E-state index < -0.39 is 4.92 Å². The minimum absolute atomic E-state index is 0.0312. The Bertz CT molecular complexity index is 936. The first-order valence-electron chi connectivity index (χ1n) is 7.59. The van der Waals surface area contributed by atoms with Gasteiger partial charge in [-0.05, 0) is 31.2 Å². The molecule has 0 saturated carbocycles. The molecule has 3 aromatic rings. The van der Waals surface area contributed by atoms with E-state index >= 15 is 0 Å². The number of carbonyl (C=O) groups excluding carboxylic acids is 1. The van der Waals surface area contributed by atoms with Crippen LogP contribution >= 0.6 is 0 Å². The van der Waals surface area contributed by atoms with E-state index in [0.29, 0.717) is 11.3 Å². The van der Waals surface area contributed by atoms with Crippen LogP contribution in [0.2, 0.25) is 0 Å². The summed E-state index contributed by atoms with van der Waals surface area (Å²) < 4.78 is 10.7. The first-order valence-corrected chi connectivity index (χ1v) is 7.59. The number of non-ortho nitro benzene ring substituents is 1. The van der Waals surface area contributed by atoms with E-state index in [1.807, 2.05) is 13.0 Å². The number of nitro groups is 1. The van der Waals surface area contributed by atoms with Crippen molar-refractivity contribution < 1.29 is 18.9 Å². The average Bonchev–Trinajstić information content (AvgIpc) is 3.07. The van der Waals surface area contributed by atoms with Crippen LogP contribution in [0.5, 0.6) is 5.75 Å². The predicted octanol–water partition coefficient (Wildman–Crippen LogP) is 3.12. The Morgan fingerprint density at radius 1 is 1.23 bits per heavy atom. The maximum absolute atomic E-state index is 12.1. The van der Waals surface area contributed by atoms with Crippen molar-refractivity contribution in [3.8, 4) is 5.75 Å². The zero-order valence-electron chi connectivity index (χ0n) is 13.7. The maximum atomic E-state index is 12.1. The molecule has 0 fully saturated rings. The lowest BCUT2D eigenvalue weighted by atomic mass is 10.1. The Balaban J connectivity index is 1.57. The molecule has 1 N–H and O–H groups in total. The largest absolute Gasteiger partial charge is 0.484 e. The van der Waals surface area contributed by atoms with Gasteiger partial charge in [-0.25, -0.2) is 0 Å². The van der Waals surface area contributed by atoms with E-state index in [1.54, 1.807) is 18.2 Å². The van der Waals surface area contributed by atoms with Crippen LogP contribution in [0, 0.1) is 17.0 Å². The van der Waals surface area contributed by atoms with Crippen molar-refractivity contribution in [3.05, 3.63) is 75.7 Å². The fourth-order valence-electron chi connectivity index (χ4n) is 2.13. The molecule has 1 amide bonds. The van der Waals surface area contributed by atoms with Crippen LogP contribution in [0.25, 0.3) is 0 Å². The molecule has 0 aliphatic carbocycles. The van der Waals surface area contributed by atoms with E-state index in [4.69, 9.17) is 9.15 Å². The monoisotopic (exact) mass is 354 g/mol. The highest BCUT2D eigenvalue weighted by Gasteiger charge is 2.12. The number of nitrogens with zero attached hydrogens (tertiary/aromatic N) is 3. The Morgan fingerprint density at radius 3 is 2.69 bits per heavy atom. The Kier molecular flexibility index (Phi) is 4.88. The Morgan fingerprint density at radius 2 is 2.00 bits per heavy atom. The van der Waals surface area contributed by atoms with Gasteiger partial charge in [0.05, 0.1) is 4.92 Å². The number of rotatable bonds is 6. The van der Waals surface area contributed by atoms with Crippen LogP contribution in [-0.2, 0) is 6.61 Å². The normalized spacial score (nSPS) is 10.3. The van der Waals surface area contributed by atoms with Crippen LogP contribution in [0.1, 0.15) is 21.8 Å². The highest BCUT2D eigenvalue weighted by molar-refractivity contribution is 6.03. The van der Waals surface area contributed by atoms with Crippen LogP contribution in [0.3, 0.4) is 0 Å². The number of amides is 1. The number of aromatic nitrogens is 2. The van der Waals surface area contributed by atoms with Gasteiger partial charge in [-0.1, -0.05) is 22.8 Å². The number of nitro benzene ring substituents is 1. The van der Waals surface area contributed by atoms with Crippen molar-refractivity contribution in [2.45, 2.75) is 13.5 Å². The fourth-order valence-corrected chi connectivity index (χ4v) is 2.13. The summed E-state index contributed by atoms with van der Waals surface area (Å²) in [7, 11) is 0. The van der Waals surface area contributed by atoms with Crippen LogP contribution in [0.4, 0.5) is 11.7 Å². The molecule has 0 aliphatic rings. The molecule has 26 heavy (non-hydrogen) atoms. The second-order valence-electron chi connectivity index (χ2n) is 5.36. The molecule has 132 valence electrons. The number of nitrogens with one attached hydrogen (secondary N) is 1. The fraction of sp³-hybridized carbons (Fsp3) is 0.118. The van der Waals surface area contributed by atoms with E-state index in [9.17, 15) is 14.9 Å². The number of ether oxygens (including phenoxy) is 1. The molecule has 0 saturated heterocycles. The summed E-state index contributed by atoms with van der Waals surface area (Å²) in [6.45, 7) is 1.85. The van der Waals surface area contributed by atoms with Gasteiger partial charge in [-0.2, -0.15) is 0 Å². The van der Waals surface area contributed by atoms with Gasteiger partial charge in [0, 0.05) is 17.7 Å². The summed E-state index contributed by atoms with van der Waals surface area (Å²) in [5.74, 6) is 0.210. The summed E-state index contributed by atoms with van der Waals surface area (Å²) in [6.07, 6.45) is 0. The topological polar surface area (TPSA) is 120 Å². The molecule has 1 aromatic heterocycles. The number of aryl methyl sites for hydroxylation is 1. The van der Waals surface area contributed by atoms with Crippen molar-refractivity contribution in [1.82, 2.24) is 10.2 Å². The molecule has 0 spiro atoms. The van der Waals surface area contributed by atoms with Crippen molar-refractivity contribution in [3.63, 3.8) is 0 Å². The predicted molar refractivity (Wildman–Crippen MR) is 90.9 cm³/mol. The molecule has 3 rings (SSSR count). The van der Waals surface area contributed by atoms with Gasteiger partial charge in [-0.3, -0.25) is 20.2 Å². The highest BCUT2D eigenvalue weighted by atomic mass is 16.6. The average molecular weight is 354 g/mol. The SMILES string of the molecule is Cc1cccc(C(=O)Nc2nnc(COc3ccc([N+](=O)[O-])cc3)o2)c1. The van der Waals surface area contributed by atoms with Crippen molar-refractivity contribution >= 4 is 17.6 Å². The summed E-state index contributed by atoms with van der Waals surface area (Å²) in [6, 6.07) is 12.6. The second-order valence-corrected chi connectivity index (χ2v) is 5.36. The summed E-state index contributed by atoms with van der Waals surface area (Å²) >= 11 is 0. The number of hydrogen-bond acceptors (Lipinski definition) is 7. The van der Waals surface area contributed by atoms with Gasteiger partial charge in [0.25, 0.3) is 17.5 Å². The molecular weight excluding hydrogens is 340 g/mol. The van der Waals surface area contributed by atoms with Gasteiger partial charge < -0.3 is 9.15 Å². The van der Waals surface area contributed by atoms with Gasteiger partial charge in [-0.15, -0.1) is 5.10 Å². The zero-order valence-corrected chi connectivity index (χ0v) is 13.7. The minimum atomic E-state index is -0.495. The Labute approximate surface area is 147 Å². The number of hydrogen-bond donors (Lipinski definition) is 1. The van der Waals surface area contributed by atoms with Gasteiger partial charge in [0.1, 0.15) is 5.75 Å². The van der Waals surface area contributed by atoms with E-state index in [2.05, 4.69) is 15.5 Å². The lowest BCUT2D eigenvalue weighted by Crippen LogP contribution is -2.12. The molecule has 1 heterocycles. The standard InChI is InChI=1S/C17H14N4O5/c1-11-3-2-4-12(9-11)16(22)18-17-20-19-15(26-17)10-25-14-7-5-13(6-8-14)21(23)24/h2-9H,10H2,1H3,(H,18,20,22). The third-order valence-corrected chi connectivity index (χ3v) is 3.38. The van der Waals surface area contributed by atoms with Crippen molar-refractivity contribution in [2.24, 2.45) is 0 Å². The first kappa shape index (κ1) is 17.1. The molecule has 0 unspecified atom stereocenters. The Hall–Kier alpha value is -3.75. The van der Waals surface area contributed by atoms with Crippen molar-refractivity contribution in [1.29, 1.82) is 0 Å². The molecule has 0 bridgehead atoms. The second kappa shape index (κ2) is 7.43. The number of benzene rings is 2. The summed E-state index contributed by atoms with van der Waals surface area (Å²) in [5.41, 5.74) is 1.41. The number of anilines is 1. The first-order chi connectivity index (χ1) is 12.5. The quantitative estimate of drug-likeness (QED) is 0.533. The minimum Gasteiger partial charge on any atom is -0.484 e. The molecule has 2 aromatic carbocycles. The van der Waals surface area contributed by atoms with Crippen LogP contribution in [-0.4, -0.2) is 21.0 Å². The zero-order chi connectivity index (χ0) is 18.5. The molecule has 0 aliphatic heterocycles. The van der Waals surface area contributed by atoms with Crippen LogP contribution < -0.4 is 10.1 Å². The summed E-state index contributed by atoms with van der Waals surface area (Å²) in [4.78, 5) is 22.2. The van der Waals surface area contributed by atoms with E-state index in [1.165, 1.54) is 24.3 Å². The molecule has 9 nitrogen and oxygen atoms in total. The van der Waals surface area contributed by atoms with E-state index in [-0.39, 0.29) is 30.1 Å². The molecule has 9 heteroatoms.